The zero-order chi connectivity index (χ0) is 22.3. The Morgan fingerprint density at radius 3 is 2.66 bits per heavy atom. The number of carboxylic acids is 1. The maximum Gasteiger partial charge on any atom is 0.438 e. The van der Waals surface area contributed by atoms with Gasteiger partial charge in [0, 0.05) is 29.3 Å². The number of hydrogen-bond acceptors (Lipinski definition) is 6. The first kappa shape index (κ1) is 19.8. The summed E-state index contributed by atoms with van der Waals surface area (Å²) in [6.45, 7) is 5.62. The van der Waals surface area contributed by atoms with Crippen LogP contribution in [-0.4, -0.2) is 51.2 Å². The molecular formula is C23H25N3O6. The predicted molar refractivity (Wildman–Crippen MR) is 113 cm³/mol. The van der Waals surface area contributed by atoms with Crippen LogP contribution in [0.25, 0.3) is 10.9 Å². The Morgan fingerprint density at radius 2 is 2.00 bits per heavy atom. The summed E-state index contributed by atoms with van der Waals surface area (Å²) in [7, 11) is 0. The van der Waals surface area contributed by atoms with Crippen molar-refractivity contribution < 1.29 is 23.9 Å². The number of nitrogens with zero attached hydrogens (tertiary/aromatic N) is 2. The van der Waals surface area contributed by atoms with Crippen molar-refractivity contribution >= 4 is 16.9 Å². The van der Waals surface area contributed by atoms with Crippen LogP contribution in [0.3, 0.4) is 0 Å². The van der Waals surface area contributed by atoms with Gasteiger partial charge in [0.05, 0.1) is 18.8 Å². The first-order valence-electron chi connectivity index (χ1n) is 11.0. The number of benzene rings is 1. The average Bonchev–Trinajstić information content (AvgIpc) is 3.21. The van der Waals surface area contributed by atoms with E-state index in [2.05, 4.69) is 10.1 Å². The van der Waals surface area contributed by atoms with Gasteiger partial charge in [-0.3, -0.25) is 9.51 Å². The number of hydrogen-bond donors (Lipinski definition) is 2. The van der Waals surface area contributed by atoms with Crippen molar-refractivity contribution in [1.82, 2.24) is 14.7 Å². The third kappa shape index (κ3) is 2.55. The van der Waals surface area contributed by atoms with Crippen molar-refractivity contribution in [2.24, 2.45) is 11.8 Å². The summed E-state index contributed by atoms with van der Waals surface area (Å²) in [5.74, 6) is -1.21. The van der Waals surface area contributed by atoms with Crippen LogP contribution in [0.2, 0.25) is 0 Å². The first-order valence-corrected chi connectivity index (χ1v) is 11.0. The monoisotopic (exact) mass is 439 g/mol. The van der Waals surface area contributed by atoms with Gasteiger partial charge in [0.2, 0.25) is 0 Å². The summed E-state index contributed by atoms with van der Waals surface area (Å²) in [5, 5.41) is 15.5. The summed E-state index contributed by atoms with van der Waals surface area (Å²) < 4.78 is 18.3. The van der Waals surface area contributed by atoms with Crippen molar-refractivity contribution in [2.45, 2.75) is 43.7 Å². The van der Waals surface area contributed by atoms with E-state index in [4.69, 9.17) is 14.0 Å². The third-order valence-corrected chi connectivity index (χ3v) is 7.51. The van der Waals surface area contributed by atoms with E-state index in [0.717, 1.165) is 29.3 Å². The van der Waals surface area contributed by atoms with Crippen LogP contribution < -0.4 is 5.76 Å². The van der Waals surface area contributed by atoms with Crippen molar-refractivity contribution in [1.29, 1.82) is 0 Å². The molecule has 9 nitrogen and oxygen atoms in total. The average molecular weight is 439 g/mol. The molecule has 4 heterocycles. The molecular weight excluding hydrogens is 414 g/mol. The fourth-order valence-electron chi connectivity index (χ4n) is 6.27. The molecule has 2 N–H and O–H groups in total. The molecule has 1 saturated carbocycles. The van der Waals surface area contributed by atoms with E-state index in [1.54, 1.807) is 0 Å². The number of aromatic carboxylic acids is 1. The molecule has 3 aliphatic rings. The molecule has 2 unspecified atom stereocenters. The lowest BCUT2D eigenvalue weighted by Crippen LogP contribution is -2.34. The molecule has 3 atom stereocenters. The van der Waals surface area contributed by atoms with Crippen molar-refractivity contribution in [3.8, 4) is 0 Å². The maximum atomic E-state index is 12.8. The second kappa shape index (κ2) is 6.55. The van der Waals surface area contributed by atoms with Crippen LogP contribution in [0.1, 0.15) is 54.5 Å². The Balaban J connectivity index is 1.65. The quantitative estimate of drug-likeness (QED) is 0.641. The van der Waals surface area contributed by atoms with Crippen LogP contribution in [0.4, 0.5) is 0 Å². The lowest BCUT2D eigenvalue weighted by atomic mass is 9.82. The van der Waals surface area contributed by atoms with Gasteiger partial charge in [-0.2, -0.15) is 0 Å². The minimum atomic E-state index is -0.989. The van der Waals surface area contributed by atoms with Gasteiger partial charge in [-0.05, 0) is 44.2 Å². The van der Waals surface area contributed by atoms with Crippen LogP contribution in [0.15, 0.2) is 33.6 Å². The topological polar surface area (TPSA) is 120 Å². The number of H-pyrrole nitrogens is 1. The van der Waals surface area contributed by atoms with E-state index in [-0.39, 0.29) is 29.0 Å². The number of fused-ring (bicyclic) bond motifs is 2. The minimum absolute atomic E-state index is 0.0103. The molecule has 2 aromatic heterocycles. The van der Waals surface area contributed by atoms with E-state index >= 15 is 0 Å². The Hall–Kier alpha value is -2.91. The lowest BCUT2D eigenvalue weighted by Gasteiger charge is -2.36. The fourth-order valence-corrected chi connectivity index (χ4v) is 6.27. The van der Waals surface area contributed by atoms with Gasteiger partial charge in [0.25, 0.3) is 0 Å². The van der Waals surface area contributed by atoms with E-state index in [9.17, 15) is 14.7 Å². The van der Waals surface area contributed by atoms with Gasteiger partial charge in [0.1, 0.15) is 11.2 Å². The fraction of sp³-hybridized carbons (Fsp3) is 0.522. The molecule has 0 amide bonds. The highest BCUT2D eigenvalue weighted by molar-refractivity contribution is 5.99. The smallest absolute Gasteiger partial charge is 0.438 e. The molecule has 0 radical (unpaired) electrons. The molecule has 6 rings (SSSR count). The van der Waals surface area contributed by atoms with E-state index in [1.807, 2.05) is 42.7 Å². The lowest BCUT2D eigenvalue weighted by molar-refractivity contribution is -0.0592. The summed E-state index contributed by atoms with van der Waals surface area (Å²) in [4.78, 5) is 27.4. The van der Waals surface area contributed by atoms with Gasteiger partial charge >= 0.3 is 11.7 Å². The normalized spacial score (nSPS) is 31.0. The standard InChI is InChI=1S/C23H25N3O6/c1-22(2)9-12(7-8-31-22)17-13-5-3-4-6-16(13)26(18(17)19(27)28)23(14-10-30-11-15(14)23)20-24-21(29)32-25-20/h3-6,12,14-15H,7-11H2,1-2H3,(H,27,28)(H,24,25,29)/t12-,14?,15?,23?/m0/s1. The van der Waals surface area contributed by atoms with Gasteiger partial charge in [0.15, 0.2) is 5.82 Å². The molecule has 1 aliphatic carbocycles. The van der Waals surface area contributed by atoms with E-state index < -0.39 is 17.3 Å². The van der Waals surface area contributed by atoms with Crippen LogP contribution >= 0.6 is 0 Å². The molecule has 3 fully saturated rings. The third-order valence-electron chi connectivity index (χ3n) is 7.51. The molecule has 2 aliphatic heterocycles. The molecule has 0 bridgehead atoms. The van der Waals surface area contributed by atoms with Gasteiger partial charge < -0.3 is 19.1 Å². The van der Waals surface area contributed by atoms with E-state index in [0.29, 0.717) is 25.6 Å². The SMILES string of the molecule is CC1(C)C[C@@H](c2c(C(=O)O)n(C3(c4noc(=O)[nH]4)C4COCC43)c3ccccc23)CCO1. The zero-order valence-corrected chi connectivity index (χ0v) is 18.0. The zero-order valence-electron chi connectivity index (χ0n) is 18.0. The van der Waals surface area contributed by atoms with Gasteiger partial charge in [-0.25, -0.2) is 9.59 Å². The number of nitrogens with one attached hydrogen (secondary N) is 1. The van der Waals surface area contributed by atoms with Crippen molar-refractivity contribution in [3.63, 3.8) is 0 Å². The summed E-state index contributed by atoms with van der Waals surface area (Å²) >= 11 is 0. The molecule has 2 saturated heterocycles. The number of aromatic nitrogens is 3. The van der Waals surface area contributed by atoms with Gasteiger partial charge in [-0.15, -0.1) is 0 Å². The number of carboxylic acid groups (broad SMARTS) is 1. The highest BCUT2D eigenvalue weighted by Gasteiger charge is 2.73. The summed E-state index contributed by atoms with van der Waals surface area (Å²) in [6, 6.07) is 7.79. The number of carbonyl (C=O) groups is 1. The molecule has 168 valence electrons. The summed E-state index contributed by atoms with van der Waals surface area (Å²) in [5.41, 5.74) is 0.771. The highest BCUT2D eigenvalue weighted by atomic mass is 16.5. The number of aromatic amines is 1. The molecule has 9 heteroatoms. The Labute approximate surface area is 183 Å². The molecule has 32 heavy (non-hydrogen) atoms. The Bertz CT molecular complexity index is 1270. The minimum Gasteiger partial charge on any atom is -0.477 e. The molecule has 3 aromatic rings. The van der Waals surface area contributed by atoms with Crippen LogP contribution in [0.5, 0.6) is 0 Å². The van der Waals surface area contributed by atoms with Gasteiger partial charge in [-0.1, -0.05) is 23.4 Å². The van der Waals surface area contributed by atoms with E-state index in [1.165, 1.54) is 0 Å². The molecule has 1 aromatic carbocycles. The number of rotatable bonds is 4. The van der Waals surface area contributed by atoms with Crippen molar-refractivity contribution in [2.75, 3.05) is 19.8 Å². The first-order chi connectivity index (χ1) is 15.3. The number of para-hydroxylation sites is 1. The van der Waals surface area contributed by atoms with Crippen LogP contribution in [0, 0.1) is 11.8 Å². The maximum absolute atomic E-state index is 12.8. The Morgan fingerprint density at radius 1 is 1.25 bits per heavy atom. The summed E-state index contributed by atoms with van der Waals surface area (Å²) in [6.07, 6.45) is 1.48. The van der Waals surface area contributed by atoms with Crippen LogP contribution in [-0.2, 0) is 15.0 Å². The largest absolute Gasteiger partial charge is 0.477 e. The predicted octanol–water partition coefficient (Wildman–Crippen LogP) is 2.71. The number of ether oxygens (including phenoxy) is 2. The molecule has 0 spiro atoms. The second-order valence-corrected chi connectivity index (χ2v) is 9.74. The highest BCUT2D eigenvalue weighted by Crippen LogP contribution is 2.64. The van der Waals surface area contributed by atoms with Crippen molar-refractivity contribution in [3.05, 3.63) is 51.9 Å². The second-order valence-electron chi connectivity index (χ2n) is 9.74. The Kier molecular flexibility index (Phi) is 4.04.